The van der Waals surface area contributed by atoms with Crippen LogP contribution in [-0.4, -0.2) is 24.3 Å². The van der Waals surface area contributed by atoms with Crippen molar-refractivity contribution >= 4 is 95.6 Å². The van der Waals surface area contributed by atoms with Gasteiger partial charge in [0, 0.05) is 49.0 Å². The third-order valence-electron chi connectivity index (χ3n) is 6.72. The number of nitrogens with one attached hydrogen (secondary N) is 2. The molecule has 0 heterocycles. The van der Waals surface area contributed by atoms with E-state index in [1.807, 2.05) is 0 Å². The number of rotatable bonds is 7. The number of hydrogen-bond donors (Lipinski definition) is 2. The number of carbonyl (C=O) groups is 3. The maximum atomic E-state index is 13.5. The Morgan fingerprint density at radius 1 is 0.939 bits per heavy atom. The summed E-state index contributed by atoms with van der Waals surface area (Å²) in [6.07, 6.45) is -3.33. The Labute approximate surface area is 313 Å². The van der Waals surface area contributed by atoms with E-state index in [1.165, 1.54) is 30.3 Å². The van der Waals surface area contributed by atoms with E-state index < -0.39 is 76.8 Å². The quantitative estimate of drug-likeness (QED) is 0.106. The van der Waals surface area contributed by atoms with E-state index >= 15 is 0 Å². The van der Waals surface area contributed by atoms with Crippen LogP contribution in [0.4, 0.5) is 41.2 Å². The van der Waals surface area contributed by atoms with E-state index in [2.05, 4.69) is 52.6 Å². The van der Waals surface area contributed by atoms with Gasteiger partial charge >= 0.3 is 18.4 Å². The summed E-state index contributed by atoms with van der Waals surface area (Å²) in [5, 5.41) is 4.53. The molecule has 1 aliphatic rings. The summed E-state index contributed by atoms with van der Waals surface area (Å²) in [6, 6.07) is 9.82. The van der Waals surface area contributed by atoms with Crippen molar-refractivity contribution in [2.24, 2.45) is 17.3 Å². The first kappa shape index (κ1) is 42.6. The maximum absolute atomic E-state index is 13.5. The predicted octanol–water partition coefficient (Wildman–Crippen LogP) is 10.8. The first-order valence-corrected chi connectivity index (χ1v) is 20.6. The Kier molecular flexibility index (Phi) is 16.2. The minimum Gasteiger partial charge on any atom is -0.460 e. The number of esters is 1. The van der Waals surface area contributed by atoms with Gasteiger partial charge in [0.05, 0.1) is 22.1 Å². The number of benzene rings is 3. The van der Waals surface area contributed by atoms with Gasteiger partial charge in [-0.05, 0) is 53.8 Å². The fourth-order valence-electron chi connectivity index (χ4n) is 4.28. The number of amides is 3. The van der Waals surface area contributed by atoms with Gasteiger partial charge in [-0.15, -0.1) is 13.2 Å². The van der Waals surface area contributed by atoms with Gasteiger partial charge in [-0.25, -0.2) is 22.4 Å². The number of hydrogen-bond acceptors (Lipinski definition) is 5. The van der Waals surface area contributed by atoms with E-state index in [-0.39, 0.29) is 32.7 Å². The van der Waals surface area contributed by atoms with Gasteiger partial charge in [-0.2, -0.15) is 0 Å². The van der Waals surface area contributed by atoms with Gasteiger partial charge in [0.2, 0.25) is 0 Å². The molecule has 3 amide bonds. The van der Waals surface area contributed by atoms with Gasteiger partial charge < -0.3 is 14.8 Å². The third-order valence-corrected chi connectivity index (χ3v) is 7.30. The van der Waals surface area contributed by atoms with Gasteiger partial charge in [-0.1, -0.05) is 60.8 Å². The predicted molar refractivity (Wildman–Crippen MR) is 186 cm³/mol. The Morgan fingerprint density at radius 2 is 1.49 bits per heavy atom. The lowest BCUT2D eigenvalue weighted by molar-refractivity contribution is -0.274. The van der Waals surface area contributed by atoms with E-state index in [4.69, 9.17) is 39.5 Å². The summed E-state index contributed by atoms with van der Waals surface area (Å²) in [5.74, 6) is -9.10. The van der Waals surface area contributed by atoms with Crippen LogP contribution in [0, 0.1) is 40.5 Å². The number of allylic oxidation sites excluding steroid dienone is 1. The molecule has 0 aliphatic heterocycles. The molecule has 2 N–H and O–H groups in total. The van der Waals surface area contributed by atoms with E-state index in [1.54, 1.807) is 26.0 Å². The highest BCUT2D eigenvalue weighted by Gasteiger charge is 2.61. The number of carbonyl (C=O) groups excluding carboxylic acids is 3. The summed E-state index contributed by atoms with van der Waals surface area (Å²) in [4.78, 5) is 35.6. The van der Waals surface area contributed by atoms with Crippen LogP contribution in [0.3, 0.4) is 0 Å². The molecule has 3 aromatic rings. The summed E-state index contributed by atoms with van der Waals surface area (Å²) >= 11 is 21.2. The van der Waals surface area contributed by atoms with Gasteiger partial charge in [0.15, 0.2) is 23.3 Å². The van der Waals surface area contributed by atoms with E-state index in [0.29, 0.717) is 0 Å². The molecule has 7 nitrogen and oxygen atoms in total. The molecular weight excluding hydrogens is 961 g/mol. The average Bonchev–Trinajstić information content (AvgIpc) is 3.55. The zero-order chi connectivity index (χ0) is 37.3. The minimum absolute atomic E-state index is 0.0114. The molecule has 49 heavy (non-hydrogen) atoms. The second kappa shape index (κ2) is 18.6. The second-order valence-electron chi connectivity index (χ2n) is 10.3. The van der Waals surface area contributed by atoms with Crippen LogP contribution in [0.5, 0.6) is 5.75 Å². The molecule has 0 spiro atoms. The van der Waals surface area contributed by atoms with Crippen molar-refractivity contribution in [3.05, 3.63) is 105 Å². The van der Waals surface area contributed by atoms with Crippen LogP contribution in [0.2, 0.25) is 5.02 Å². The van der Waals surface area contributed by atoms with Gasteiger partial charge in [-0.3, -0.25) is 14.9 Å². The molecule has 0 aromatic heterocycles. The van der Waals surface area contributed by atoms with Crippen LogP contribution in [0.15, 0.2) is 65.2 Å². The molecule has 1 saturated carbocycles. The second-order valence-corrected chi connectivity index (χ2v) is 11.7. The van der Waals surface area contributed by atoms with Crippen molar-refractivity contribution in [1.29, 1.82) is 0 Å². The minimum atomic E-state index is -4.80. The van der Waals surface area contributed by atoms with Crippen molar-refractivity contribution in [3.8, 4) is 5.75 Å². The molecule has 0 bridgehead atoms. The smallest absolute Gasteiger partial charge is 0.460 e. The lowest BCUT2D eigenvalue weighted by Gasteiger charge is -2.10. The Bertz CT molecular complexity index is 1670. The normalized spacial score (nSPS) is 15.6. The highest BCUT2D eigenvalue weighted by Crippen LogP contribution is 2.60. The molecule has 0 radical (unpaired) electrons. The average molecular weight is 984 g/mol. The summed E-state index contributed by atoms with van der Waals surface area (Å²) in [5.41, 5.74) is -1.18. The maximum Gasteiger partial charge on any atom is 0.573 e. The van der Waals surface area contributed by atoms with Crippen molar-refractivity contribution in [2.75, 3.05) is 5.32 Å². The first-order valence-electron chi connectivity index (χ1n) is 13.2. The molecule has 4 rings (SSSR count). The summed E-state index contributed by atoms with van der Waals surface area (Å²) in [6.45, 7) is 2.61. The van der Waals surface area contributed by atoms with Crippen molar-refractivity contribution < 1.29 is 54.6 Å². The molecule has 2 unspecified atom stereocenters. The van der Waals surface area contributed by atoms with E-state index in [0.717, 1.165) is 12.1 Å². The topological polar surface area (TPSA) is 93.7 Å². The van der Waals surface area contributed by atoms with Crippen LogP contribution in [0.1, 0.15) is 29.8 Å². The Morgan fingerprint density at radius 3 is 2.00 bits per heavy atom. The fraction of sp³-hybridized carbons (Fsp3) is 0.233. The van der Waals surface area contributed by atoms with Crippen LogP contribution in [0.25, 0.3) is 0 Å². The molecule has 1 fully saturated rings. The third kappa shape index (κ3) is 12.6. The lowest BCUT2D eigenvalue weighted by Crippen LogP contribution is -2.34. The standard InChI is InChI=1S/C15H12Cl2F4O2.C15H10ClF3N2O3.I2/c1-15(2)7(3-10(16)17)11(15)14(22)23-5-6-12(20)8(18)4-9(19)13(6)21;16-12-4-2-1-3-11(12)13(22)21-14(23)20-9-5-7-10(8-6-9)24-15(17,18)19;1-2/h3-4,7,11H,5H2,1-2H3;1-8H,(H2,20,21,22,23);. The number of halogens is 12. The largest absolute Gasteiger partial charge is 0.573 e. The molecular formula is C30H22Cl3F7I2N2O5. The fourth-order valence-corrected chi connectivity index (χ4v) is 4.77. The van der Waals surface area contributed by atoms with Crippen LogP contribution < -0.4 is 15.4 Å². The number of imide groups is 1. The zero-order valence-corrected chi connectivity index (χ0v) is 31.3. The Balaban J connectivity index is 0.000000324. The van der Waals surface area contributed by atoms with Gasteiger partial charge in [0.1, 0.15) is 16.8 Å². The number of anilines is 1. The van der Waals surface area contributed by atoms with Crippen LogP contribution in [-0.2, 0) is 16.1 Å². The Hall–Kier alpha value is -2.55. The summed E-state index contributed by atoms with van der Waals surface area (Å²) < 4.78 is 97.8. The number of urea groups is 1. The van der Waals surface area contributed by atoms with Crippen molar-refractivity contribution in [3.63, 3.8) is 0 Å². The van der Waals surface area contributed by atoms with Crippen molar-refractivity contribution in [1.82, 2.24) is 5.32 Å². The SMILES string of the molecule is CC1(C)C(C=C(Cl)Cl)C1C(=O)OCc1c(F)c(F)cc(F)c1F.II.O=C(NC(=O)c1ccccc1Cl)Nc1ccc(OC(F)(F)F)cc1. The molecule has 266 valence electrons. The first-order chi connectivity index (χ1) is 22.8. The molecule has 3 aromatic carbocycles. The molecule has 1 aliphatic carbocycles. The molecule has 0 saturated heterocycles. The number of ether oxygens (including phenoxy) is 2. The molecule has 2 atom stereocenters. The summed E-state index contributed by atoms with van der Waals surface area (Å²) in [7, 11) is 0. The lowest BCUT2D eigenvalue weighted by atomic mass is 10.1. The number of alkyl halides is 3. The van der Waals surface area contributed by atoms with Gasteiger partial charge in [0.25, 0.3) is 5.91 Å². The highest BCUT2D eigenvalue weighted by atomic mass is 128. The van der Waals surface area contributed by atoms with Crippen LogP contribution >= 0.6 is 72.0 Å². The van der Waals surface area contributed by atoms with E-state index in [9.17, 15) is 45.1 Å². The monoisotopic (exact) mass is 982 g/mol. The highest BCUT2D eigenvalue weighted by molar-refractivity contribution is 15.0. The van der Waals surface area contributed by atoms with Crippen molar-refractivity contribution in [2.45, 2.75) is 26.8 Å². The molecule has 19 heteroatoms. The zero-order valence-electron chi connectivity index (χ0n) is 24.7.